The van der Waals surface area contributed by atoms with Crippen molar-refractivity contribution >= 4 is 0 Å². The number of fused-ring (bicyclic) bond motifs is 1. The van der Waals surface area contributed by atoms with Gasteiger partial charge in [-0.05, 0) is 37.4 Å². The quantitative estimate of drug-likeness (QED) is 0.703. The van der Waals surface area contributed by atoms with E-state index in [4.69, 9.17) is 4.42 Å². The zero-order chi connectivity index (χ0) is 9.54. The minimum absolute atomic E-state index is 0.0283. The molecule has 3 rings (SSSR count). The number of aryl methyl sites for hydroxylation is 2. The molecule has 1 aromatic heterocycles. The molecule has 0 radical (unpaired) electrons. The predicted molar refractivity (Wildman–Crippen MR) is 52.1 cm³/mol. The van der Waals surface area contributed by atoms with E-state index in [2.05, 4.69) is 11.4 Å². The lowest BCUT2D eigenvalue weighted by molar-refractivity contribution is 0.149. The van der Waals surface area contributed by atoms with Crippen LogP contribution in [0.5, 0.6) is 0 Å². The summed E-state index contributed by atoms with van der Waals surface area (Å²) < 4.78 is 5.76. The molecule has 14 heavy (non-hydrogen) atoms. The van der Waals surface area contributed by atoms with Crippen molar-refractivity contribution in [1.29, 1.82) is 0 Å². The normalized spacial score (nSPS) is 30.9. The molecule has 2 heterocycles. The van der Waals surface area contributed by atoms with Gasteiger partial charge in [0, 0.05) is 6.42 Å². The lowest BCUT2D eigenvalue weighted by atomic mass is 10.1. The van der Waals surface area contributed by atoms with Gasteiger partial charge in [-0.1, -0.05) is 0 Å². The molecule has 2 atom stereocenters. The maximum atomic E-state index is 9.71. The van der Waals surface area contributed by atoms with Crippen LogP contribution in [0.3, 0.4) is 0 Å². The molecule has 76 valence electrons. The Balaban J connectivity index is 1.89. The molecule has 2 aliphatic rings. The summed E-state index contributed by atoms with van der Waals surface area (Å²) in [4.78, 5) is 0. The predicted octanol–water partition coefficient (Wildman–Crippen LogP) is 1.16. The molecule has 3 heteroatoms. The molecule has 2 unspecified atom stereocenters. The molecule has 2 N–H and O–H groups in total. The van der Waals surface area contributed by atoms with Gasteiger partial charge in [0.15, 0.2) is 0 Å². The van der Waals surface area contributed by atoms with Crippen molar-refractivity contribution in [1.82, 2.24) is 5.32 Å². The fourth-order valence-electron chi connectivity index (χ4n) is 2.48. The monoisotopic (exact) mass is 193 g/mol. The van der Waals surface area contributed by atoms with Gasteiger partial charge in [0.1, 0.15) is 11.5 Å². The van der Waals surface area contributed by atoms with Gasteiger partial charge >= 0.3 is 0 Å². The first-order valence-electron chi connectivity index (χ1n) is 5.37. The van der Waals surface area contributed by atoms with Crippen LogP contribution >= 0.6 is 0 Å². The van der Waals surface area contributed by atoms with Crippen LogP contribution in [0.1, 0.15) is 36.0 Å². The summed E-state index contributed by atoms with van der Waals surface area (Å²) in [5, 5.41) is 13.0. The van der Waals surface area contributed by atoms with Crippen LogP contribution in [0, 0.1) is 0 Å². The molecular formula is C11H15NO2. The van der Waals surface area contributed by atoms with Gasteiger partial charge in [-0.3, -0.25) is 0 Å². The van der Waals surface area contributed by atoms with Crippen LogP contribution in [0.4, 0.5) is 0 Å². The van der Waals surface area contributed by atoms with Crippen LogP contribution in [0.15, 0.2) is 10.5 Å². The third-order valence-electron chi connectivity index (χ3n) is 3.26. The van der Waals surface area contributed by atoms with Crippen LogP contribution < -0.4 is 5.32 Å². The van der Waals surface area contributed by atoms with Gasteiger partial charge in [-0.2, -0.15) is 0 Å². The van der Waals surface area contributed by atoms with Gasteiger partial charge in [0.25, 0.3) is 0 Å². The Labute approximate surface area is 83.1 Å². The Hall–Kier alpha value is -0.800. The molecule has 1 saturated heterocycles. The average molecular weight is 193 g/mol. The summed E-state index contributed by atoms with van der Waals surface area (Å²) in [7, 11) is 0. The average Bonchev–Trinajstić information content (AvgIpc) is 2.75. The van der Waals surface area contributed by atoms with Crippen molar-refractivity contribution in [3.05, 3.63) is 23.2 Å². The first-order chi connectivity index (χ1) is 6.84. The van der Waals surface area contributed by atoms with E-state index in [1.807, 2.05) is 0 Å². The van der Waals surface area contributed by atoms with E-state index < -0.39 is 0 Å². The molecule has 1 aliphatic heterocycles. The van der Waals surface area contributed by atoms with Gasteiger partial charge in [0.2, 0.25) is 0 Å². The number of aliphatic hydroxyl groups excluding tert-OH is 1. The molecule has 0 bridgehead atoms. The maximum absolute atomic E-state index is 9.71. The summed E-state index contributed by atoms with van der Waals surface area (Å²) in [6, 6.07) is 2.15. The Kier molecular flexibility index (Phi) is 1.89. The van der Waals surface area contributed by atoms with Crippen molar-refractivity contribution in [3.8, 4) is 0 Å². The number of aliphatic hydroxyl groups is 1. The summed E-state index contributed by atoms with van der Waals surface area (Å²) >= 11 is 0. The van der Waals surface area contributed by atoms with Crippen LogP contribution in [0.25, 0.3) is 0 Å². The highest BCUT2D eigenvalue weighted by molar-refractivity contribution is 5.28. The van der Waals surface area contributed by atoms with Gasteiger partial charge < -0.3 is 14.8 Å². The second kappa shape index (κ2) is 3.11. The lowest BCUT2D eigenvalue weighted by Crippen LogP contribution is -2.20. The van der Waals surface area contributed by atoms with E-state index in [1.54, 1.807) is 0 Å². The molecule has 3 nitrogen and oxygen atoms in total. The highest BCUT2D eigenvalue weighted by atomic mass is 16.3. The summed E-state index contributed by atoms with van der Waals surface area (Å²) in [6.07, 6.45) is 3.98. The molecule has 0 aromatic carbocycles. The number of rotatable bonds is 1. The fourth-order valence-corrected chi connectivity index (χ4v) is 2.48. The Bertz CT molecular complexity index is 324. The Morgan fingerprint density at radius 1 is 1.43 bits per heavy atom. The Morgan fingerprint density at radius 2 is 2.36 bits per heavy atom. The highest BCUT2D eigenvalue weighted by Crippen LogP contribution is 2.31. The van der Waals surface area contributed by atoms with E-state index in [0.717, 1.165) is 37.3 Å². The van der Waals surface area contributed by atoms with Gasteiger partial charge in [-0.25, -0.2) is 0 Å². The van der Waals surface area contributed by atoms with E-state index in [1.165, 1.54) is 12.0 Å². The number of nitrogens with one attached hydrogen (secondary N) is 1. The van der Waals surface area contributed by atoms with Crippen LogP contribution in [-0.4, -0.2) is 17.8 Å². The number of hydrogen-bond donors (Lipinski definition) is 2. The van der Waals surface area contributed by atoms with Crippen molar-refractivity contribution in [2.75, 3.05) is 6.54 Å². The van der Waals surface area contributed by atoms with Gasteiger partial charge in [0.05, 0.1) is 12.1 Å². The third-order valence-corrected chi connectivity index (χ3v) is 3.26. The maximum Gasteiger partial charge on any atom is 0.124 e. The second-order valence-corrected chi connectivity index (χ2v) is 4.24. The van der Waals surface area contributed by atoms with E-state index in [9.17, 15) is 5.11 Å². The smallest absolute Gasteiger partial charge is 0.124 e. The summed E-state index contributed by atoms with van der Waals surface area (Å²) in [5.41, 5.74) is 1.35. The van der Waals surface area contributed by atoms with Crippen LogP contribution in [-0.2, 0) is 12.8 Å². The first kappa shape index (κ1) is 8.50. The topological polar surface area (TPSA) is 45.4 Å². The molecule has 0 saturated carbocycles. The van der Waals surface area contributed by atoms with Crippen molar-refractivity contribution < 1.29 is 9.52 Å². The summed E-state index contributed by atoms with van der Waals surface area (Å²) in [5.74, 6) is 2.07. The first-order valence-corrected chi connectivity index (χ1v) is 5.37. The molecule has 0 amide bonds. The molecular weight excluding hydrogens is 178 g/mol. The lowest BCUT2D eigenvalue weighted by Gasteiger charge is -2.11. The zero-order valence-electron chi connectivity index (χ0n) is 8.12. The SMILES string of the molecule is OC1CCNC1c1cc2c(o1)CCC2. The van der Waals surface area contributed by atoms with E-state index in [0.29, 0.717) is 0 Å². The number of hydrogen-bond acceptors (Lipinski definition) is 3. The largest absolute Gasteiger partial charge is 0.464 e. The van der Waals surface area contributed by atoms with Gasteiger partial charge in [-0.15, -0.1) is 0 Å². The molecule has 1 fully saturated rings. The third kappa shape index (κ3) is 1.20. The fraction of sp³-hybridized carbons (Fsp3) is 0.636. The molecule has 1 aliphatic carbocycles. The van der Waals surface area contributed by atoms with E-state index >= 15 is 0 Å². The van der Waals surface area contributed by atoms with Crippen molar-refractivity contribution in [2.24, 2.45) is 0 Å². The van der Waals surface area contributed by atoms with Crippen molar-refractivity contribution in [2.45, 2.75) is 37.8 Å². The zero-order valence-corrected chi connectivity index (χ0v) is 8.12. The summed E-state index contributed by atoms with van der Waals surface area (Å²) in [6.45, 7) is 0.886. The number of furan rings is 1. The molecule has 0 spiro atoms. The molecule has 1 aromatic rings. The van der Waals surface area contributed by atoms with E-state index in [-0.39, 0.29) is 12.1 Å². The Morgan fingerprint density at radius 3 is 3.07 bits per heavy atom. The minimum Gasteiger partial charge on any atom is -0.464 e. The second-order valence-electron chi connectivity index (χ2n) is 4.24. The van der Waals surface area contributed by atoms with Crippen LogP contribution in [0.2, 0.25) is 0 Å². The standard InChI is InChI=1S/C11H15NO2/c13-8-4-5-12-11(8)10-6-7-2-1-3-9(7)14-10/h6,8,11-13H,1-5H2. The van der Waals surface area contributed by atoms with Crippen molar-refractivity contribution in [3.63, 3.8) is 0 Å². The minimum atomic E-state index is -0.277. The highest BCUT2D eigenvalue weighted by Gasteiger charge is 2.30.